The first kappa shape index (κ1) is 46.4. The Balaban J connectivity index is -0.0000000135. The molecule has 16 heteroatoms. The second-order valence-electron chi connectivity index (χ2n) is 0.671. The Morgan fingerprint density at radius 3 is 0.500 bits per heavy atom. The van der Waals surface area contributed by atoms with E-state index in [1.54, 1.807) is 0 Å². The molecule has 0 heterocycles. The number of nitrogens with zero attached hydrogens (tertiary/aromatic N) is 3. The maximum atomic E-state index is 8.25. The average molecular weight is 399 g/mol. The molecule has 0 aliphatic heterocycles. The van der Waals surface area contributed by atoms with Gasteiger partial charge in [0, 0.05) is 0 Å². The van der Waals surface area contributed by atoms with E-state index in [1.165, 1.54) is 0 Å². The summed E-state index contributed by atoms with van der Waals surface area (Å²) in [5.41, 5.74) is 0. The number of hydrogen-bond acceptors (Lipinski definition) is 9. The summed E-state index contributed by atoms with van der Waals surface area (Å²) in [6.45, 7) is 0. The smallest absolute Gasteiger partial charge is 0.412 e. The second kappa shape index (κ2) is 37.2. The van der Waals surface area contributed by atoms with Crippen LogP contribution in [0.1, 0.15) is 0 Å². The van der Waals surface area contributed by atoms with Crippen molar-refractivity contribution in [3.05, 3.63) is 46.0 Å². The fraction of sp³-hybridized carbons (Fsp3) is 0. The van der Waals surface area contributed by atoms with Crippen LogP contribution in [0, 0.1) is 84.6 Å². The number of hydrogen-bond donors (Lipinski definition) is 0. The van der Waals surface area contributed by atoms with Gasteiger partial charge in [-0.2, -0.15) is 0 Å². The van der Waals surface area contributed by atoms with Gasteiger partial charge in [-0.3, -0.25) is 0 Å². The minimum atomic E-state index is -1.75. The van der Waals surface area contributed by atoms with Crippen LogP contribution in [0.15, 0.2) is 0 Å². The van der Waals surface area contributed by atoms with E-state index in [0.29, 0.717) is 0 Å². The fourth-order valence-corrected chi connectivity index (χ4v) is 0. The van der Waals surface area contributed by atoms with Gasteiger partial charge in [0.2, 0.25) is 0 Å². The molecule has 0 rings (SSSR count). The third kappa shape index (κ3) is 1160. The molecule has 16 heavy (non-hydrogen) atoms. The van der Waals surface area contributed by atoms with Gasteiger partial charge in [-0.1, -0.05) is 0 Å². The van der Waals surface area contributed by atoms with E-state index >= 15 is 0 Å². The van der Waals surface area contributed by atoms with Gasteiger partial charge in [-0.25, -0.2) is 0 Å². The van der Waals surface area contributed by atoms with Crippen LogP contribution < -0.4 is 0 Å². The summed E-state index contributed by atoms with van der Waals surface area (Å²) in [6, 6.07) is 0. The zero-order valence-electron chi connectivity index (χ0n) is 6.85. The Morgan fingerprint density at radius 1 is 0.500 bits per heavy atom. The molecule has 0 atom stereocenters. The van der Waals surface area contributed by atoms with E-state index in [-0.39, 0.29) is 55.0 Å². The van der Waals surface area contributed by atoms with Crippen molar-refractivity contribution in [1.82, 2.24) is 0 Å². The van der Waals surface area contributed by atoms with Crippen LogP contribution >= 0.6 is 0 Å². The molecule has 0 fully saturated rings. The van der Waals surface area contributed by atoms with Crippen LogP contribution in [0.4, 0.5) is 0 Å². The third-order valence-corrected chi connectivity index (χ3v) is 0. The summed E-state index contributed by atoms with van der Waals surface area (Å²) >= 11 is 0. The van der Waals surface area contributed by atoms with Gasteiger partial charge in [0.15, 0.2) is 0 Å². The quantitative estimate of drug-likeness (QED) is 0.292. The van der Waals surface area contributed by atoms with Crippen molar-refractivity contribution in [3.8, 4) is 0 Å². The third-order valence-electron chi connectivity index (χ3n) is 0. The van der Waals surface area contributed by atoms with Crippen molar-refractivity contribution in [2.45, 2.75) is 0 Å². The second-order valence-corrected chi connectivity index (χ2v) is 0.671. The van der Waals surface area contributed by atoms with Crippen LogP contribution in [0.5, 0.6) is 0 Å². The predicted molar refractivity (Wildman–Crippen MR) is 41.9 cm³/mol. The Hall–Kier alpha value is -1.23. The zero-order chi connectivity index (χ0) is 10.7. The van der Waals surface area contributed by atoms with E-state index < -0.39 is 15.3 Å². The molecule has 0 spiro atoms. The Kier molecular flexibility index (Phi) is 108. The van der Waals surface area contributed by atoms with Crippen molar-refractivity contribution in [2.75, 3.05) is 0 Å². The van der Waals surface area contributed by atoms with Gasteiger partial charge in [0.1, 0.15) is 0 Å². The molecule has 6 N–H and O–H groups in total. The Morgan fingerprint density at radius 2 is 0.500 bits per heavy atom. The molecular formula is H6N3O12Tb. The van der Waals surface area contributed by atoms with Gasteiger partial charge < -0.3 is 62.4 Å². The van der Waals surface area contributed by atoms with Gasteiger partial charge in [-0.05, 0) is 0 Å². The van der Waals surface area contributed by atoms with Crippen molar-refractivity contribution in [3.63, 3.8) is 0 Å². The van der Waals surface area contributed by atoms with Gasteiger partial charge in [0.05, 0.1) is 15.3 Å². The molecule has 102 valence electrons. The molecule has 0 aromatic carbocycles. The van der Waals surface area contributed by atoms with Crippen LogP contribution in [0.25, 0.3) is 0 Å². The normalized spacial score (nSPS) is 4.50. The van der Waals surface area contributed by atoms with E-state index in [2.05, 4.69) is 0 Å². The maximum Gasteiger partial charge on any atom is 3.00 e. The molecule has 0 aliphatic rings. The van der Waals surface area contributed by atoms with Crippen molar-refractivity contribution < 1.29 is 70.3 Å². The first-order valence-electron chi connectivity index (χ1n) is 1.64. The first-order valence-corrected chi connectivity index (χ1v) is 1.64. The van der Waals surface area contributed by atoms with E-state index in [4.69, 9.17) is 46.0 Å². The molecule has 0 saturated carbocycles. The first-order chi connectivity index (χ1) is 5.20. The summed E-state index contributed by atoms with van der Waals surface area (Å²) in [7, 11) is 0. The van der Waals surface area contributed by atoms with Gasteiger partial charge in [0.25, 0.3) is 0 Å². The maximum absolute atomic E-state index is 8.25. The Bertz CT molecular complexity index is 114. The van der Waals surface area contributed by atoms with Crippen molar-refractivity contribution in [2.24, 2.45) is 0 Å². The Labute approximate surface area is 116 Å². The van der Waals surface area contributed by atoms with Crippen LogP contribution in [-0.4, -0.2) is 31.7 Å². The molecule has 0 amide bonds. The molecule has 0 aliphatic carbocycles. The fourth-order valence-electron chi connectivity index (χ4n) is 0. The summed E-state index contributed by atoms with van der Waals surface area (Å²) in [5.74, 6) is 0. The molecule has 0 saturated heterocycles. The largest absolute Gasteiger partial charge is 3.00 e. The SMILES string of the molecule is O.O.O.O=[N+]([O-])[O-].O=[N+]([O-])[O-].O=[N+]([O-])[O-].[Tb+3]. The summed E-state index contributed by atoms with van der Waals surface area (Å²) in [6.07, 6.45) is 0. The van der Waals surface area contributed by atoms with E-state index in [1.807, 2.05) is 0 Å². The van der Waals surface area contributed by atoms with E-state index in [9.17, 15) is 0 Å². The van der Waals surface area contributed by atoms with E-state index in [0.717, 1.165) is 0 Å². The molecule has 0 radical (unpaired) electrons. The monoisotopic (exact) mass is 399 g/mol. The molecule has 15 nitrogen and oxygen atoms in total. The minimum absolute atomic E-state index is 0. The molecule has 0 aromatic heterocycles. The number of rotatable bonds is 0. The predicted octanol–water partition coefficient (Wildman–Crippen LogP) is -3.19. The summed E-state index contributed by atoms with van der Waals surface area (Å²) in [5, 5.41) is 44.2. The van der Waals surface area contributed by atoms with Crippen LogP contribution in [0.2, 0.25) is 0 Å². The molecule has 0 unspecified atom stereocenters. The van der Waals surface area contributed by atoms with Crippen molar-refractivity contribution >= 4 is 0 Å². The molecule has 0 aromatic rings. The summed E-state index contributed by atoms with van der Waals surface area (Å²) < 4.78 is 0. The van der Waals surface area contributed by atoms with Gasteiger partial charge >= 0.3 is 38.6 Å². The topological polar surface area (TPSA) is 293 Å². The van der Waals surface area contributed by atoms with Crippen LogP contribution in [0.3, 0.4) is 0 Å². The van der Waals surface area contributed by atoms with Crippen molar-refractivity contribution in [1.29, 1.82) is 0 Å². The molecular weight excluding hydrogens is 393 g/mol. The standard InChI is InChI=1S/3NO3.3H2O.Tb/c3*2-1(3)4;;;;/h;;;3*1H2;/q3*-1;;;;+3. The zero-order valence-corrected chi connectivity index (χ0v) is 8.99. The average Bonchev–Trinajstić information content (AvgIpc) is 1.54. The van der Waals surface area contributed by atoms with Crippen LogP contribution in [-0.2, 0) is 0 Å². The summed E-state index contributed by atoms with van der Waals surface area (Å²) in [4.78, 5) is 24.8. The van der Waals surface area contributed by atoms with Gasteiger partial charge in [-0.15, -0.1) is 0 Å². The molecule has 0 bridgehead atoms. The minimum Gasteiger partial charge on any atom is -0.412 e.